The van der Waals surface area contributed by atoms with Gasteiger partial charge in [0, 0.05) is 12.5 Å². The van der Waals surface area contributed by atoms with E-state index in [1.807, 2.05) is 18.5 Å². The van der Waals surface area contributed by atoms with Gasteiger partial charge in [0.15, 0.2) is 11.5 Å². The molecule has 0 spiro atoms. The molecule has 5 nitrogen and oxygen atoms in total. The Morgan fingerprint density at radius 3 is 2.42 bits per heavy atom. The summed E-state index contributed by atoms with van der Waals surface area (Å²) in [7, 11) is 3.39. The third kappa shape index (κ3) is 2.08. The van der Waals surface area contributed by atoms with E-state index < -0.39 is 4.92 Å². The normalized spacial score (nSPS) is 15.8. The molecule has 0 amide bonds. The molecule has 1 heterocycles. The SMILES string of the molecule is COc1cc2c(cc1[N+](=O)[O-])[N+](C)=C(C)C2(C)C.[Cl-]. The van der Waals surface area contributed by atoms with Gasteiger partial charge in [-0.2, -0.15) is 0 Å². The van der Waals surface area contributed by atoms with Crippen LogP contribution in [0.3, 0.4) is 0 Å². The quantitative estimate of drug-likeness (QED) is 0.423. The maximum absolute atomic E-state index is 11.0. The van der Waals surface area contributed by atoms with Crippen molar-refractivity contribution in [3.63, 3.8) is 0 Å². The number of nitrogens with zero attached hydrogens (tertiary/aromatic N) is 2. The van der Waals surface area contributed by atoms with Crippen LogP contribution >= 0.6 is 0 Å². The van der Waals surface area contributed by atoms with E-state index in [4.69, 9.17) is 4.74 Å². The van der Waals surface area contributed by atoms with Crippen LogP contribution in [-0.4, -0.2) is 29.4 Å². The zero-order valence-corrected chi connectivity index (χ0v) is 12.4. The fourth-order valence-corrected chi connectivity index (χ4v) is 2.44. The Morgan fingerprint density at radius 2 is 1.95 bits per heavy atom. The lowest BCUT2D eigenvalue weighted by atomic mass is 9.82. The van der Waals surface area contributed by atoms with Crippen LogP contribution in [0.1, 0.15) is 26.3 Å². The number of methoxy groups -OCH3 is 1. The van der Waals surface area contributed by atoms with Gasteiger partial charge in [-0.15, -0.1) is 0 Å². The molecule has 0 aromatic heterocycles. The van der Waals surface area contributed by atoms with E-state index in [1.165, 1.54) is 12.8 Å². The van der Waals surface area contributed by atoms with Crippen LogP contribution in [0, 0.1) is 10.1 Å². The first-order valence-corrected chi connectivity index (χ1v) is 5.75. The summed E-state index contributed by atoms with van der Waals surface area (Å²) in [5.41, 5.74) is 2.98. The van der Waals surface area contributed by atoms with Crippen molar-refractivity contribution in [1.82, 2.24) is 0 Å². The Hall–Kier alpha value is -1.62. The average molecular weight is 285 g/mol. The summed E-state index contributed by atoms with van der Waals surface area (Å²) in [6.07, 6.45) is 0. The molecule has 0 N–H and O–H groups in total. The molecule has 6 heteroatoms. The lowest BCUT2D eigenvalue weighted by Crippen LogP contribution is -3.00. The molecular weight excluding hydrogens is 268 g/mol. The van der Waals surface area contributed by atoms with Crippen molar-refractivity contribution >= 4 is 17.1 Å². The number of fused-ring (bicyclic) bond motifs is 1. The van der Waals surface area contributed by atoms with E-state index in [2.05, 4.69) is 13.8 Å². The van der Waals surface area contributed by atoms with E-state index in [0.29, 0.717) is 5.75 Å². The zero-order valence-electron chi connectivity index (χ0n) is 11.7. The molecule has 1 aliphatic rings. The molecular formula is C13H17ClN2O3. The van der Waals surface area contributed by atoms with Gasteiger partial charge in [-0.1, -0.05) is 0 Å². The van der Waals surface area contributed by atoms with E-state index in [1.54, 1.807) is 12.1 Å². The van der Waals surface area contributed by atoms with Gasteiger partial charge in [-0.3, -0.25) is 10.1 Å². The van der Waals surface area contributed by atoms with E-state index in [-0.39, 0.29) is 23.5 Å². The molecule has 0 radical (unpaired) electrons. The van der Waals surface area contributed by atoms with Crippen molar-refractivity contribution in [3.05, 3.63) is 27.8 Å². The second-order valence-electron chi connectivity index (χ2n) is 5.07. The van der Waals surface area contributed by atoms with Crippen molar-refractivity contribution in [2.45, 2.75) is 26.2 Å². The van der Waals surface area contributed by atoms with Crippen LogP contribution in [0.25, 0.3) is 0 Å². The van der Waals surface area contributed by atoms with Gasteiger partial charge >= 0.3 is 5.69 Å². The van der Waals surface area contributed by atoms with Gasteiger partial charge in [0.25, 0.3) is 0 Å². The second kappa shape index (κ2) is 4.81. The van der Waals surface area contributed by atoms with E-state index in [9.17, 15) is 10.1 Å². The van der Waals surface area contributed by atoms with Gasteiger partial charge in [0.05, 0.1) is 23.5 Å². The minimum Gasteiger partial charge on any atom is -1.00 e. The Morgan fingerprint density at radius 1 is 1.37 bits per heavy atom. The summed E-state index contributed by atoms with van der Waals surface area (Å²) in [5, 5.41) is 11.0. The number of rotatable bonds is 2. The largest absolute Gasteiger partial charge is 1.00 e. The standard InChI is InChI=1S/C13H17N2O3.ClH/c1-8-13(2,3)9-6-12(18-5)11(15(16)17)7-10(9)14(8)4;/h6-7H,1-5H3;1H/q+1;/p-1. The van der Waals surface area contributed by atoms with Crippen molar-refractivity contribution < 1.29 is 26.6 Å². The number of nitro benzene ring substituents is 1. The first kappa shape index (κ1) is 15.4. The number of halogens is 1. The Balaban J connectivity index is 0.00000180. The first-order chi connectivity index (χ1) is 8.30. The highest BCUT2D eigenvalue weighted by Gasteiger charge is 2.43. The maximum atomic E-state index is 11.0. The molecule has 1 aromatic rings. The molecule has 104 valence electrons. The maximum Gasteiger partial charge on any atom is 0.317 e. The van der Waals surface area contributed by atoms with Crippen molar-refractivity contribution in [2.75, 3.05) is 14.2 Å². The number of hydrogen-bond acceptors (Lipinski definition) is 3. The molecule has 1 aromatic carbocycles. The summed E-state index contributed by atoms with van der Waals surface area (Å²) < 4.78 is 7.13. The molecule has 0 saturated heterocycles. The average Bonchev–Trinajstić information content (AvgIpc) is 2.49. The third-order valence-electron chi connectivity index (χ3n) is 3.94. The van der Waals surface area contributed by atoms with Crippen LogP contribution < -0.4 is 17.1 Å². The van der Waals surface area contributed by atoms with E-state index in [0.717, 1.165) is 11.3 Å². The Kier molecular flexibility index (Phi) is 3.91. The monoisotopic (exact) mass is 284 g/mol. The molecule has 1 aliphatic heterocycles. The van der Waals surface area contributed by atoms with Gasteiger partial charge in [0.2, 0.25) is 5.69 Å². The van der Waals surface area contributed by atoms with E-state index >= 15 is 0 Å². The van der Waals surface area contributed by atoms with Crippen LogP contribution in [0.15, 0.2) is 12.1 Å². The number of nitro groups is 1. The Bertz CT molecular complexity index is 579. The summed E-state index contributed by atoms with van der Waals surface area (Å²) in [6.45, 7) is 6.25. The molecule has 0 saturated carbocycles. The number of hydrogen-bond donors (Lipinski definition) is 0. The van der Waals surface area contributed by atoms with Crippen molar-refractivity contribution in [1.29, 1.82) is 0 Å². The van der Waals surface area contributed by atoms with Crippen LogP contribution in [0.5, 0.6) is 5.75 Å². The molecule has 0 aliphatic carbocycles. The molecule has 0 unspecified atom stereocenters. The molecule has 2 rings (SSSR count). The zero-order chi connectivity index (χ0) is 13.7. The molecule has 0 atom stereocenters. The smallest absolute Gasteiger partial charge is 0.317 e. The minimum absolute atomic E-state index is 0. The molecule has 19 heavy (non-hydrogen) atoms. The third-order valence-corrected chi connectivity index (χ3v) is 3.94. The highest BCUT2D eigenvalue weighted by atomic mass is 35.5. The van der Waals surface area contributed by atoms with Gasteiger partial charge in [0.1, 0.15) is 7.05 Å². The summed E-state index contributed by atoms with van der Waals surface area (Å²) in [5.74, 6) is 0.315. The summed E-state index contributed by atoms with van der Waals surface area (Å²) in [4.78, 5) is 10.6. The van der Waals surface area contributed by atoms with Crippen molar-refractivity contribution in [2.24, 2.45) is 0 Å². The van der Waals surface area contributed by atoms with Crippen LogP contribution in [0.4, 0.5) is 11.4 Å². The first-order valence-electron chi connectivity index (χ1n) is 5.75. The van der Waals surface area contributed by atoms with Crippen LogP contribution in [0.2, 0.25) is 0 Å². The topological polar surface area (TPSA) is 55.4 Å². The summed E-state index contributed by atoms with van der Waals surface area (Å²) in [6, 6.07) is 3.37. The summed E-state index contributed by atoms with van der Waals surface area (Å²) >= 11 is 0. The van der Waals surface area contributed by atoms with Crippen molar-refractivity contribution in [3.8, 4) is 5.75 Å². The minimum atomic E-state index is -0.409. The predicted octanol–water partition coefficient (Wildman–Crippen LogP) is -0.367. The highest BCUT2D eigenvalue weighted by Crippen LogP contribution is 2.44. The second-order valence-corrected chi connectivity index (χ2v) is 5.07. The fourth-order valence-electron chi connectivity index (χ4n) is 2.44. The Labute approximate surface area is 118 Å². The molecule has 0 fully saturated rings. The highest BCUT2D eigenvalue weighted by molar-refractivity contribution is 5.93. The lowest BCUT2D eigenvalue weighted by Gasteiger charge is -2.15. The lowest BCUT2D eigenvalue weighted by molar-refractivity contribution is -0.406. The predicted molar refractivity (Wildman–Crippen MR) is 69.2 cm³/mol. The number of benzene rings is 1. The fraction of sp³-hybridized carbons (Fsp3) is 0.462. The van der Waals surface area contributed by atoms with Crippen LogP contribution in [-0.2, 0) is 5.41 Å². The molecule has 0 bridgehead atoms. The van der Waals surface area contributed by atoms with Gasteiger partial charge in [-0.25, -0.2) is 4.58 Å². The van der Waals surface area contributed by atoms with Gasteiger partial charge < -0.3 is 17.1 Å². The van der Waals surface area contributed by atoms with Gasteiger partial charge in [-0.05, 0) is 19.9 Å². The number of ether oxygens (including phenoxy) is 1.